The molecule has 0 bridgehead atoms. The lowest BCUT2D eigenvalue weighted by Gasteiger charge is -2.18. The minimum atomic E-state index is -0.910. The van der Waals surface area contributed by atoms with Gasteiger partial charge in [0.1, 0.15) is 17.1 Å². The van der Waals surface area contributed by atoms with Crippen LogP contribution in [0.15, 0.2) is 17.7 Å². The van der Waals surface area contributed by atoms with Gasteiger partial charge in [-0.2, -0.15) is 0 Å². The van der Waals surface area contributed by atoms with Gasteiger partial charge in [-0.25, -0.2) is 4.79 Å². The summed E-state index contributed by atoms with van der Waals surface area (Å²) in [6.07, 6.45) is 1.30. The van der Waals surface area contributed by atoms with E-state index in [9.17, 15) is 14.4 Å². The molecule has 6 nitrogen and oxygen atoms in total. The Morgan fingerprint density at radius 1 is 1.05 bits per heavy atom. The van der Waals surface area contributed by atoms with Crippen molar-refractivity contribution in [2.45, 2.75) is 6.92 Å². The molecule has 0 saturated carbocycles. The van der Waals surface area contributed by atoms with Gasteiger partial charge in [-0.1, -0.05) is 0 Å². The van der Waals surface area contributed by atoms with Crippen molar-refractivity contribution in [3.8, 4) is 11.5 Å². The Kier molecular flexibility index (Phi) is 4.07. The number of hydrogen-bond acceptors (Lipinski definition) is 6. The largest absolute Gasteiger partial charge is 0.496 e. The fourth-order valence-corrected chi connectivity index (χ4v) is 2.11. The Balaban J connectivity index is 2.68. The van der Waals surface area contributed by atoms with Gasteiger partial charge in [0.15, 0.2) is 0 Å². The van der Waals surface area contributed by atoms with E-state index in [2.05, 4.69) is 0 Å². The van der Waals surface area contributed by atoms with Crippen molar-refractivity contribution in [2.75, 3.05) is 20.8 Å². The van der Waals surface area contributed by atoms with Crippen molar-refractivity contribution in [3.05, 3.63) is 28.8 Å². The van der Waals surface area contributed by atoms with Crippen LogP contribution in [0.3, 0.4) is 0 Å². The van der Waals surface area contributed by atoms with Crippen LogP contribution in [0.4, 0.5) is 0 Å². The summed E-state index contributed by atoms with van der Waals surface area (Å²) >= 11 is 0. The number of fused-ring (bicyclic) bond motifs is 1. The summed E-state index contributed by atoms with van der Waals surface area (Å²) in [6, 6.07) is 3.13. The zero-order chi connectivity index (χ0) is 15.6. The van der Waals surface area contributed by atoms with Gasteiger partial charge in [0.05, 0.1) is 26.4 Å². The topological polar surface area (TPSA) is 78.9 Å². The summed E-state index contributed by atoms with van der Waals surface area (Å²) in [5.41, 5.74) is 0.125. The van der Waals surface area contributed by atoms with E-state index in [0.29, 0.717) is 11.3 Å². The molecule has 1 aromatic carbocycles. The van der Waals surface area contributed by atoms with Gasteiger partial charge in [0, 0.05) is 5.56 Å². The summed E-state index contributed by atoms with van der Waals surface area (Å²) in [6.45, 7) is 1.73. The molecule has 6 heteroatoms. The van der Waals surface area contributed by atoms with Crippen LogP contribution < -0.4 is 9.47 Å². The van der Waals surface area contributed by atoms with E-state index in [1.807, 2.05) is 0 Å². The smallest absolute Gasteiger partial charge is 0.342 e. The molecule has 0 fully saturated rings. The Morgan fingerprint density at radius 3 is 2.24 bits per heavy atom. The van der Waals surface area contributed by atoms with E-state index in [1.165, 1.54) is 26.4 Å². The van der Waals surface area contributed by atoms with Crippen LogP contribution in [0.2, 0.25) is 0 Å². The first kappa shape index (κ1) is 14.8. The van der Waals surface area contributed by atoms with Crippen LogP contribution in [0.25, 0.3) is 6.08 Å². The quantitative estimate of drug-likeness (QED) is 0.474. The lowest BCUT2D eigenvalue weighted by Crippen LogP contribution is -2.27. The molecule has 2 rings (SSSR count). The summed E-state index contributed by atoms with van der Waals surface area (Å²) in [5, 5.41) is 0. The Hall–Kier alpha value is -2.63. The lowest BCUT2D eigenvalue weighted by molar-refractivity contribution is -0.139. The normalized spacial score (nSPS) is 13.4. The first-order valence-electron chi connectivity index (χ1n) is 6.28. The lowest BCUT2D eigenvalue weighted by atomic mass is 9.88. The third-order valence-corrected chi connectivity index (χ3v) is 3.07. The van der Waals surface area contributed by atoms with Crippen LogP contribution in [0, 0.1) is 0 Å². The molecule has 1 aliphatic rings. The zero-order valence-corrected chi connectivity index (χ0v) is 11.9. The van der Waals surface area contributed by atoms with Crippen LogP contribution in [0.5, 0.6) is 11.5 Å². The molecular formula is C15H14O6. The van der Waals surface area contributed by atoms with Crippen LogP contribution in [-0.4, -0.2) is 38.4 Å². The van der Waals surface area contributed by atoms with Crippen LogP contribution in [-0.2, 0) is 14.3 Å². The summed E-state index contributed by atoms with van der Waals surface area (Å²) < 4.78 is 15.1. The van der Waals surface area contributed by atoms with Crippen molar-refractivity contribution in [1.29, 1.82) is 0 Å². The van der Waals surface area contributed by atoms with Gasteiger partial charge in [-0.05, 0) is 25.1 Å². The van der Waals surface area contributed by atoms with Gasteiger partial charge in [0.2, 0.25) is 11.6 Å². The second kappa shape index (κ2) is 5.78. The van der Waals surface area contributed by atoms with Crippen LogP contribution in [0.1, 0.15) is 22.8 Å². The van der Waals surface area contributed by atoms with Crippen molar-refractivity contribution in [3.63, 3.8) is 0 Å². The third kappa shape index (κ3) is 2.40. The molecule has 0 N–H and O–H groups in total. The molecule has 0 spiro atoms. The average Bonchev–Trinajstić information content (AvgIpc) is 2.49. The minimum Gasteiger partial charge on any atom is -0.496 e. The number of benzene rings is 1. The number of esters is 1. The van der Waals surface area contributed by atoms with Gasteiger partial charge in [-0.3, -0.25) is 9.59 Å². The maximum Gasteiger partial charge on any atom is 0.342 e. The molecule has 1 aliphatic carbocycles. The second-order valence-corrected chi connectivity index (χ2v) is 4.20. The fraction of sp³-hybridized carbons (Fsp3) is 0.267. The van der Waals surface area contributed by atoms with Crippen molar-refractivity contribution in [1.82, 2.24) is 0 Å². The molecule has 0 radical (unpaired) electrons. The van der Waals surface area contributed by atoms with Crippen molar-refractivity contribution in [2.24, 2.45) is 0 Å². The number of rotatable bonds is 4. The Bertz CT molecular complexity index is 656. The maximum absolute atomic E-state index is 12.2. The second-order valence-electron chi connectivity index (χ2n) is 4.20. The molecule has 0 aliphatic heterocycles. The number of carbonyl (C=O) groups is 3. The number of ether oxygens (including phenoxy) is 3. The van der Waals surface area contributed by atoms with Gasteiger partial charge < -0.3 is 14.2 Å². The SMILES string of the molecule is CCOC(=O)C1=Cc2c(OC)ccc(OC)c2C(=O)C1=O. The molecule has 0 aromatic heterocycles. The molecule has 21 heavy (non-hydrogen) atoms. The molecule has 1 aromatic rings. The zero-order valence-electron chi connectivity index (χ0n) is 11.9. The molecular weight excluding hydrogens is 276 g/mol. The highest BCUT2D eigenvalue weighted by atomic mass is 16.5. The third-order valence-electron chi connectivity index (χ3n) is 3.07. The summed E-state index contributed by atoms with van der Waals surface area (Å²) in [4.78, 5) is 36.1. The maximum atomic E-state index is 12.2. The van der Waals surface area contributed by atoms with E-state index in [0.717, 1.165) is 0 Å². The number of methoxy groups -OCH3 is 2. The van der Waals surface area contributed by atoms with E-state index in [1.54, 1.807) is 13.0 Å². The van der Waals surface area contributed by atoms with E-state index in [-0.39, 0.29) is 23.5 Å². The monoisotopic (exact) mass is 290 g/mol. The Morgan fingerprint density at radius 2 is 1.67 bits per heavy atom. The summed E-state index contributed by atoms with van der Waals surface area (Å²) in [5.74, 6) is -1.93. The van der Waals surface area contributed by atoms with Crippen LogP contribution >= 0.6 is 0 Å². The van der Waals surface area contributed by atoms with Gasteiger partial charge in [0.25, 0.3) is 0 Å². The highest BCUT2D eigenvalue weighted by Gasteiger charge is 2.36. The number of Topliss-reactive ketones (excluding diaryl/α,β-unsaturated/α-hetero) is 2. The first-order chi connectivity index (χ1) is 10.0. The van der Waals surface area contributed by atoms with Crippen molar-refractivity contribution >= 4 is 23.6 Å². The molecule has 0 atom stereocenters. The molecule has 110 valence electrons. The van der Waals surface area contributed by atoms with E-state index < -0.39 is 17.5 Å². The predicted octanol–water partition coefficient (Wildman–Crippen LogP) is 1.42. The molecule has 0 saturated heterocycles. The minimum absolute atomic E-state index is 0.0925. The van der Waals surface area contributed by atoms with Crippen molar-refractivity contribution < 1.29 is 28.6 Å². The van der Waals surface area contributed by atoms with Gasteiger partial charge in [-0.15, -0.1) is 0 Å². The number of ketones is 2. The average molecular weight is 290 g/mol. The highest BCUT2D eigenvalue weighted by molar-refractivity contribution is 6.57. The number of carbonyl (C=O) groups excluding carboxylic acids is 3. The van der Waals surface area contributed by atoms with E-state index in [4.69, 9.17) is 14.2 Å². The molecule has 0 unspecified atom stereocenters. The Labute approximate surface area is 121 Å². The fourth-order valence-electron chi connectivity index (χ4n) is 2.11. The number of hydrogen-bond donors (Lipinski definition) is 0. The molecule has 0 amide bonds. The van der Waals surface area contributed by atoms with E-state index >= 15 is 0 Å². The standard InChI is InChI=1S/C15H14O6/c1-4-21-15(18)9-7-8-10(19-2)5-6-11(20-3)12(8)14(17)13(9)16/h5-7H,4H2,1-3H3. The highest BCUT2D eigenvalue weighted by Crippen LogP contribution is 2.36. The first-order valence-corrected chi connectivity index (χ1v) is 6.28. The molecule has 0 heterocycles. The van der Waals surface area contributed by atoms with Gasteiger partial charge >= 0.3 is 5.97 Å². The summed E-state index contributed by atoms with van der Waals surface area (Å²) in [7, 11) is 2.82. The predicted molar refractivity (Wildman–Crippen MR) is 73.5 cm³/mol.